The first-order chi connectivity index (χ1) is 10.1. The van der Waals surface area contributed by atoms with Crippen LogP contribution in [-0.4, -0.2) is 18.3 Å². The number of alkyl halides is 2. The van der Waals surface area contributed by atoms with Crippen LogP contribution >= 0.6 is 0 Å². The number of furan rings is 1. The van der Waals surface area contributed by atoms with Crippen molar-refractivity contribution in [3.05, 3.63) is 53.7 Å². The highest BCUT2D eigenvalue weighted by Crippen LogP contribution is 2.21. The van der Waals surface area contributed by atoms with E-state index in [1.807, 2.05) is 0 Å². The molecule has 114 valence electrons. The summed E-state index contributed by atoms with van der Waals surface area (Å²) >= 11 is 0. The van der Waals surface area contributed by atoms with Gasteiger partial charge in [0.05, 0.1) is 18.9 Å². The Morgan fingerprint density at radius 2 is 2.10 bits per heavy atom. The van der Waals surface area contributed by atoms with Gasteiger partial charge in [-0.1, -0.05) is 6.07 Å². The van der Waals surface area contributed by atoms with Crippen molar-refractivity contribution in [2.24, 2.45) is 0 Å². The molecule has 21 heavy (non-hydrogen) atoms. The fourth-order valence-electron chi connectivity index (χ4n) is 1.83. The summed E-state index contributed by atoms with van der Waals surface area (Å²) in [5.41, 5.74) is 0.527. The van der Waals surface area contributed by atoms with Crippen molar-refractivity contribution in [1.29, 1.82) is 0 Å². The topological polar surface area (TPSA) is 54.6 Å². The Balaban J connectivity index is 1.98. The first-order valence-electron chi connectivity index (χ1n) is 6.21. The van der Waals surface area contributed by atoms with Crippen LogP contribution in [0.3, 0.4) is 0 Å². The Morgan fingerprint density at radius 1 is 1.29 bits per heavy atom. The van der Waals surface area contributed by atoms with E-state index < -0.39 is 24.2 Å². The SMILES string of the molecule is OCC(NCc1ccc(OC(F)F)c(F)c1)c1ccco1. The lowest BCUT2D eigenvalue weighted by molar-refractivity contribution is -0.0522. The summed E-state index contributed by atoms with van der Waals surface area (Å²) < 4.78 is 46.8. The van der Waals surface area contributed by atoms with Crippen molar-refractivity contribution in [3.63, 3.8) is 0 Å². The summed E-state index contributed by atoms with van der Waals surface area (Å²) in [6.45, 7) is -3.03. The van der Waals surface area contributed by atoms with E-state index in [9.17, 15) is 18.3 Å². The fourth-order valence-corrected chi connectivity index (χ4v) is 1.83. The molecule has 2 N–H and O–H groups in total. The van der Waals surface area contributed by atoms with E-state index >= 15 is 0 Å². The minimum atomic E-state index is -3.07. The fraction of sp³-hybridized carbons (Fsp3) is 0.286. The van der Waals surface area contributed by atoms with Crippen LogP contribution < -0.4 is 10.1 Å². The average molecular weight is 301 g/mol. The molecule has 0 spiro atoms. The zero-order valence-corrected chi connectivity index (χ0v) is 10.9. The molecule has 0 fully saturated rings. The molecule has 1 aromatic carbocycles. The van der Waals surface area contributed by atoms with Gasteiger partial charge in [-0.15, -0.1) is 0 Å². The van der Waals surface area contributed by atoms with Gasteiger partial charge < -0.3 is 19.6 Å². The van der Waals surface area contributed by atoms with Crippen LogP contribution in [0.1, 0.15) is 17.4 Å². The number of hydrogen-bond acceptors (Lipinski definition) is 4. The number of aliphatic hydroxyl groups excluding tert-OH is 1. The molecule has 0 bridgehead atoms. The molecular weight excluding hydrogens is 287 g/mol. The Bertz CT molecular complexity index is 561. The molecule has 0 radical (unpaired) electrons. The van der Waals surface area contributed by atoms with Gasteiger partial charge in [-0.25, -0.2) is 4.39 Å². The summed E-state index contributed by atoms with van der Waals surface area (Å²) in [5, 5.41) is 12.2. The van der Waals surface area contributed by atoms with Crippen molar-refractivity contribution < 1.29 is 27.4 Å². The highest BCUT2D eigenvalue weighted by molar-refractivity contribution is 5.29. The zero-order chi connectivity index (χ0) is 15.2. The van der Waals surface area contributed by atoms with E-state index in [4.69, 9.17) is 4.42 Å². The van der Waals surface area contributed by atoms with Crippen molar-refractivity contribution in [2.45, 2.75) is 19.2 Å². The third kappa shape index (κ3) is 4.24. The van der Waals surface area contributed by atoms with E-state index in [0.717, 1.165) is 12.1 Å². The Morgan fingerprint density at radius 3 is 2.67 bits per heavy atom. The maximum absolute atomic E-state index is 13.5. The van der Waals surface area contributed by atoms with Crippen LogP contribution in [0.25, 0.3) is 0 Å². The number of ether oxygens (including phenoxy) is 1. The summed E-state index contributed by atoms with van der Waals surface area (Å²) in [6.07, 6.45) is 1.48. The number of hydrogen-bond donors (Lipinski definition) is 2. The molecule has 1 aromatic heterocycles. The third-order valence-corrected chi connectivity index (χ3v) is 2.83. The second kappa shape index (κ2) is 7.14. The standard InChI is InChI=1S/C14H14F3NO3/c15-10-6-9(3-4-12(10)21-14(16)17)7-18-11(8-19)13-2-1-5-20-13/h1-6,11,14,18-19H,7-8H2. The van der Waals surface area contributed by atoms with Gasteiger partial charge in [-0.05, 0) is 29.8 Å². The number of halogens is 3. The molecule has 2 rings (SSSR count). The number of aliphatic hydroxyl groups is 1. The molecule has 4 nitrogen and oxygen atoms in total. The second-order valence-corrected chi connectivity index (χ2v) is 4.27. The van der Waals surface area contributed by atoms with Crippen LogP contribution in [0.5, 0.6) is 5.75 Å². The first-order valence-corrected chi connectivity index (χ1v) is 6.21. The third-order valence-electron chi connectivity index (χ3n) is 2.83. The summed E-state index contributed by atoms with van der Waals surface area (Å²) in [6, 6.07) is 6.66. The lowest BCUT2D eigenvalue weighted by Gasteiger charge is -2.14. The summed E-state index contributed by atoms with van der Waals surface area (Å²) in [5.74, 6) is -0.817. The van der Waals surface area contributed by atoms with E-state index in [-0.39, 0.29) is 13.2 Å². The van der Waals surface area contributed by atoms with Gasteiger partial charge in [0.15, 0.2) is 11.6 Å². The predicted octanol–water partition coefficient (Wildman–Crippen LogP) is 2.84. The molecule has 1 heterocycles. The molecule has 0 aliphatic heterocycles. The van der Waals surface area contributed by atoms with Gasteiger partial charge in [0.1, 0.15) is 5.76 Å². The van der Waals surface area contributed by atoms with Crippen molar-refractivity contribution in [1.82, 2.24) is 5.32 Å². The van der Waals surface area contributed by atoms with Gasteiger partial charge in [0, 0.05) is 6.54 Å². The van der Waals surface area contributed by atoms with Gasteiger partial charge in [0.25, 0.3) is 0 Å². The molecule has 1 atom stereocenters. The molecule has 7 heteroatoms. The van der Waals surface area contributed by atoms with Gasteiger partial charge in [-0.3, -0.25) is 0 Å². The number of rotatable bonds is 7. The molecular formula is C14H14F3NO3. The van der Waals surface area contributed by atoms with Gasteiger partial charge >= 0.3 is 6.61 Å². The highest BCUT2D eigenvalue weighted by atomic mass is 19.3. The molecule has 0 saturated heterocycles. The Labute approximate surface area is 119 Å². The minimum absolute atomic E-state index is 0.192. The maximum atomic E-state index is 13.5. The Hall–Kier alpha value is -1.99. The van der Waals surface area contributed by atoms with Crippen molar-refractivity contribution >= 4 is 0 Å². The van der Waals surface area contributed by atoms with Gasteiger partial charge in [-0.2, -0.15) is 8.78 Å². The van der Waals surface area contributed by atoms with Crippen molar-refractivity contribution in [3.8, 4) is 5.75 Å². The first kappa shape index (κ1) is 15.4. The minimum Gasteiger partial charge on any atom is -0.468 e. The molecule has 1 unspecified atom stereocenters. The lowest BCUT2D eigenvalue weighted by Crippen LogP contribution is -2.23. The number of nitrogens with one attached hydrogen (secondary N) is 1. The number of benzene rings is 1. The molecule has 0 amide bonds. The van der Waals surface area contributed by atoms with E-state index in [1.165, 1.54) is 12.3 Å². The smallest absolute Gasteiger partial charge is 0.387 e. The maximum Gasteiger partial charge on any atom is 0.387 e. The van der Waals surface area contributed by atoms with Gasteiger partial charge in [0.2, 0.25) is 0 Å². The normalized spacial score (nSPS) is 12.6. The molecule has 0 aliphatic rings. The van der Waals surface area contributed by atoms with Crippen LogP contribution in [0, 0.1) is 5.82 Å². The highest BCUT2D eigenvalue weighted by Gasteiger charge is 2.14. The molecule has 0 aliphatic carbocycles. The average Bonchev–Trinajstić information content (AvgIpc) is 2.96. The van der Waals surface area contributed by atoms with Crippen LogP contribution in [-0.2, 0) is 6.54 Å². The monoisotopic (exact) mass is 301 g/mol. The molecule has 0 saturated carbocycles. The van der Waals surface area contributed by atoms with E-state index in [2.05, 4.69) is 10.1 Å². The van der Waals surface area contributed by atoms with E-state index in [0.29, 0.717) is 11.3 Å². The zero-order valence-electron chi connectivity index (χ0n) is 10.9. The Kier molecular flexibility index (Phi) is 5.24. The van der Waals surface area contributed by atoms with Crippen LogP contribution in [0.15, 0.2) is 41.0 Å². The largest absolute Gasteiger partial charge is 0.468 e. The van der Waals surface area contributed by atoms with Crippen LogP contribution in [0.4, 0.5) is 13.2 Å². The molecule has 2 aromatic rings. The van der Waals surface area contributed by atoms with Crippen molar-refractivity contribution in [2.75, 3.05) is 6.61 Å². The summed E-state index contributed by atoms with van der Waals surface area (Å²) in [4.78, 5) is 0. The predicted molar refractivity (Wildman–Crippen MR) is 68.4 cm³/mol. The van der Waals surface area contributed by atoms with E-state index in [1.54, 1.807) is 12.1 Å². The van der Waals surface area contributed by atoms with Crippen LogP contribution in [0.2, 0.25) is 0 Å². The second-order valence-electron chi connectivity index (χ2n) is 4.27. The summed E-state index contributed by atoms with van der Waals surface area (Å²) in [7, 11) is 0. The lowest BCUT2D eigenvalue weighted by atomic mass is 10.1. The quantitative estimate of drug-likeness (QED) is 0.825.